The lowest BCUT2D eigenvalue weighted by molar-refractivity contribution is -0.385. The van der Waals surface area contributed by atoms with E-state index in [4.69, 9.17) is 11.6 Å². The van der Waals surface area contributed by atoms with Crippen molar-refractivity contribution in [3.8, 4) is 0 Å². The van der Waals surface area contributed by atoms with Crippen molar-refractivity contribution in [1.82, 2.24) is 29.9 Å². The second-order valence-corrected chi connectivity index (χ2v) is 9.24. The van der Waals surface area contributed by atoms with E-state index in [1.807, 2.05) is 4.68 Å². The molecule has 2 atom stereocenters. The first-order chi connectivity index (χ1) is 13.9. The molecule has 0 saturated heterocycles. The highest BCUT2D eigenvalue weighted by atomic mass is 35.5. The summed E-state index contributed by atoms with van der Waals surface area (Å²) in [5.74, 6) is 1.10. The predicted octanol–water partition coefficient (Wildman–Crippen LogP) is 2.15. The number of carbonyl (C=O) groups is 1. The van der Waals surface area contributed by atoms with Crippen LogP contribution in [0.25, 0.3) is 0 Å². The molecule has 4 aliphatic rings. The van der Waals surface area contributed by atoms with Crippen molar-refractivity contribution in [3.63, 3.8) is 0 Å². The number of nitrogens with one attached hydrogen (secondary N) is 1. The summed E-state index contributed by atoms with van der Waals surface area (Å²) < 4.78 is 3.38. The average molecular weight is 420 g/mol. The molecule has 4 saturated carbocycles. The van der Waals surface area contributed by atoms with Crippen molar-refractivity contribution in [1.29, 1.82) is 0 Å². The Morgan fingerprint density at radius 1 is 1.34 bits per heavy atom. The van der Waals surface area contributed by atoms with Crippen molar-refractivity contribution >= 4 is 23.2 Å². The fraction of sp³-hybridized carbons (Fsp3) is 0.667. The number of aromatic nitrogens is 5. The van der Waals surface area contributed by atoms with Crippen molar-refractivity contribution in [3.05, 3.63) is 34.1 Å². The van der Waals surface area contributed by atoms with E-state index < -0.39 is 10.3 Å². The zero-order valence-corrected chi connectivity index (χ0v) is 16.6. The van der Waals surface area contributed by atoms with Gasteiger partial charge in [-0.3, -0.25) is 19.6 Å². The minimum atomic E-state index is -0.479. The number of hydrogen-bond donors (Lipinski definition) is 1. The molecule has 2 aromatic heterocycles. The number of rotatable bonds is 6. The van der Waals surface area contributed by atoms with Crippen LogP contribution in [-0.4, -0.2) is 41.9 Å². The summed E-state index contributed by atoms with van der Waals surface area (Å²) in [6.45, 7) is 0.781. The molecule has 0 aliphatic heterocycles. The van der Waals surface area contributed by atoms with Gasteiger partial charge in [-0.25, -0.2) is 9.67 Å². The van der Waals surface area contributed by atoms with Gasteiger partial charge in [0.1, 0.15) is 18.7 Å². The van der Waals surface area contributed by atoms with Crippen LogP contribution in [0.5, 0.6) is 0 Å². The molecule has 2 aromatic rings. The van der Waals surface area contributed by atoms with Gasteiger partial charge in [0.25, 0.3) is 0 Å². The predicted molar refractivity (Wildman–Crippen MR) is 102 cm³/mol. The summed E-state index contributed by atoms with van der Waals surface area (Å²) in [4.78, 5) is 27.6. The first-order valence-electron chi connectivity index (χ1n) is 9.90. The Labute approximate surface area is 171 Å². The second-order valence-electron chi connectivity index (χ2n) is 8.90. The van der Waals surface area contributed by atoms with Crippen molar-refractivity contribution in [2.75, 3.05) is 6.54 Å². The van der Waals surface area contributed by atoms with Gasteiger partial charge < -0.3 is 5.32 Å². The summed E-state index contributed by atoms with van der Waals surface area (Å²) in [6.07, 6.45) is 10.1. The summed E-state index contributed by atoms with van der Waals surface area (Å²) in [7, 11) is 0. The Bertz CT molecular complexity index is 956. The largest absolute Gasteiger partial charge is 0.354 e. The molecule has 11 heteroatoms. The zero-order valence-electron chi connectivity index (χ0n) is 15.8. The fourth-order valence-electron chi connectivity index (χ4n) is 6.26. The van der Waals surface area contributed by atoms with E-state index in [1.165, 1.54) is 23.5 Å². The quantitative estimate of drug-likeness (QED) is 0.565. The third kappa shape index (κ3) is 3.09. The van der Waals surface area contributed by atoms with E-state index in [1.54, 1.807) is 6.33 Å². The van der Waals surface area contributed by atoms with E-state index in [-0.39, 0.29) is 22.4 Å². The molecular weight excluding hydrogens is 398 g/mol. The molecule has 29 heavy (non-hydrogen) atoms. The lowest BCUT2D eigenvalue weighted by Crippen LogP contribution is -2.61. The van der Waals surface area contributed by atoms with E-state index in [9.17, 15) is 14.9 Å². The lowest BCUT2D eigenvalue weighted by Gasteiger charge is -2.60. The van der Waals surface area contributed by atoms with Crippen LogP contribution in [0.4, 0.5) is 5.69 Å². The van der Waals surface area contributed by atoms with Gasteiger partial charge in [-0.2, -0.15) is 5.10 Å². The van der Waals surface area contributed by atoms with Crippen LogP contribution in [0.15, 0.2) is 18.7 Å². The van der Waals surface area contributed by atoms with Gasteiger partial charge in [0.15, 0.2) is 0 Å². The Morgan fingerprint density at radius 3 is 2.72 bits per heavy atom. The van der Waals surface area contributed by atoms with Crippen LogP contribution >= 0.6 is 11.6 Å². The van der Waals surface area contributed by atoms with Crippen LogP contribution in [0.2, 0.25) is 5.28 Å². The van der Waals surface area contributed by atoms with Gasteiger partial charge in [0.05, 0.1) is 22.4 Å². The van der Waals surface area contributed by atoms with Crippen LogP contribution in [-0.2, 0) is 16.9 Å². The third-order valence-electron chi connectivity index (χ3n) is 6.92. The van der Waals surface area contributed by atoms with Gasteiger partial charge in [-0.1, -0.05) is 0 Å². The van der Waals surface area contributed by atoms with Crippen LogP contribution in [0.1, 0.15) is 38.5 Å². The highest BCUT2D eigenvalue weighted by Gasteiger charge is 2.61. The Balaban J connectivity index is 1.29. The van der Waals surface area contributed by atoms with E-state index in [0.717, 1.165) is 32.1 Å². The summed E-state index contributed by atoms with van der Waals surface area (Å²) >= 11 is 5.97. The standard InChI is InChI=1S/C18H22ClN7O3/c19-16-21-11-25(23-16)18-6-12-3-13(7-18)5-17(4-12,10-18)15(27)20-1-2-24-9-14(8-22-24)26(28)29/h8-9,11-13H,1-7,10H2,(H,20,27). The second kappa shape index (κ2) is 6.51. The minimum absolute atomic E-state index is 0.0501. The first-order valence-corrected chi connectivity index (χ1v) is 10.3. The van der Waals surface area contributed by atoms with Crippen molar-refractivity contribution in [2.45, 2.75) is 50.6 Å². The molecule has 2 heterocycles. The normalized spacial score (nSPS) is 32.4. The maximum absolute atomic E-state index is 13.3. The molecule has 1 amide bonds. The Kier molecular flexibility index (Phi) is 4.16. The van der Waals surface area contributed by atoms with Gasteiger partial charge in [-0.05, 0) is 62.0 Å². The van der Waals surface area contributed by atoms with Crippen molar-refractivity contribution in [2.24, 2.45) is 17.3 Å². The Hall–Kier alpha value is -2.49. The van der Waals surface area contributed by atoms with Gasteiger partial charge in [0.2, 0.25) is 11.2 Å². The van der Waals surface area contributed by atoms with Crippen LogP contribution in [0.3, 0.4) is 0 Å². The van der Waals surface area contributed by atoms with Crippen molar-refractivity contribution < 1.29 is 9.72 Å². The van der Waals surface area contributed by atoms with E-state index in [2.05, 4.69) is 20.5 Å². The molecular formula is C18H22ClN7O3. The summed E-state index contributed by atoms with van der Waals surface area (Å²) in [5.41, 5.74) is -0.617. The van der Waals surface area contributed by atoms with Crippen LogP contribution < -0.4 is 5.32 Å². The molecule has 1 N–H and O–H groups in total. The molecule has 154 valence electrons. The molecule has 2 unspecified atom stereocenters. The molecule has 6 rings (SSSR count). The van der Waals surface area contributed by atoms with Crippen LogP contribution in [0, 0.1) is 27.4 Å². The average Bonchev–Trinajstić information content (AvgIpc) is 3.30. The maximum atomic E-state index is 13.3. The molecule has 0 radical (unpaired) electrons. The molecule has 0 aromatic carbocycles. The zero-order chi connectivity index (χ0) is 20.2. The first kappa shape index (κ1) is 18.5. The number of nitrogens with zero attached hydrogens (tertiary/aromatic N) is 6. The summed E-state index contributed by atoms with van der Waals surface area (Å²) in [6, 6.07) is 0. The monoisotopic (exact) mass is 419 g/mol. The van der Waals surface area contributed by atoms with Gasteiger partial charge in [0, 0.05) is 6.54 Å². The third-order valence-corrected chi connectivity index (χ3v) is 7.09. The number of hydrogen-bond acceptors (Lipinski definition) is 6. The highest BCUT2D eigenvalue weighted by Crippen LogP contribution is 2.64. The molecule has 10 nitrogen and oxygen atoms in total. The number of halogens is 1. The maximum Gasteiger partial charge on any atom is 0.306 e. The number of carbonyl (C=O) groups excluding carboxylic acids is 1. The van der Waals surface area contributed by atoms with Gasteiger partial charge in [-0.15, -0.1) is 5.10 Å². The number of amides is 1. The summed E-state index contributed by atoms with van der Waals surface area (Å²) in [5, 5.41) is 22.4. The Morgan fingerprint density at radius 2 is 2.10 bits per heavy atom. The lowest BCUT2D eigenvalue weighted by atomic mass is 9.46. The van der Waals surface area contributed by atoms with Gasteiger partial charge >= 0.3 is 5.69 Å². The molecule has 4 bridgehead atoms. The topological polar surface area (TPSA) is 121 Å². The minimum Gasteiger partial charge on any atom is -0.354 e. The SMILES string of the molecule is O=C(NCCn1cc([N+](=O)[O-])cn1)C12CC3CC(C1)CC(n1cnc(Cl)n1)(C3)C2. The number of nitro groups is 1. The smallest absolute Gasteiger partial charge is 0.306 e. The fourth-order valence-corrected chi connectivity index (χ4v) is 6.39. The van der Waals surface area contributed by atoms with E-state index in [0.29, 0.717) is 24.9 Å². The molecule has 4 fully saturated rings. The highest BCUT2D eigenvalue weighted by molar-refractivity contribution is 6.28. The molecule has 4 aliphatic carbocycles. The molecule has 0 spiro atoms. The van der Waals surface area contributed by atoms with E-state index >= 15 is 0 Å².